The molecule has 1 aromatic heterocycles. The number of hydrogen-bond acceptors (Lipinski definition) is 4. The number of pyridine rings is 1. The third-order valence-corrected chi connectivity index (χ3v) is 6.47. The third-order valence-electron chi connectivity index (χ3n) is 4.89. The van der Waals surface area contributed by atoms with Gasteiger partial charge in [-0.3, -0.25) is 9.78 Å². The van der Waals surface area contributed by atoms with Gasteiger partial charge < -0.3 is 9.64 Å². The number of thioether (sulfide) groups is 1. The fraction of sp³-hybridized carbons (Fsp3) is 0.400. The number of benzene rings is 1. The van der Waals surface area contributed by atoms with Crippen LogP contribution in [0.3, 0.4) is 0 Å². The molecule has 2 saturated heterocycles. The lowest BCUT2D eigenvalue weighted by Crippen LogP contribution is -2.60. The van der Waals surface area contributed by atoms with Gasteiger partial charge in [0.1, 0.15) is 11.9 Å². The standard InChI is InChI=1S/C20H22N2O2S/c23-19(9-8-16-5-2-1-3-6-16)22-14-20(15-22)11-18(13-25-20)24-17-7-4-10-21-12-17/h1-7,10,12,18H,8-9,11,13-15H2/t18-/m1/s1. The highest BCUT2D eigenvalue weighted by Crippen LogP contribution is 2.46. The van der Waals surface area contributed by atoms with Crippen molar-refractivity contribution in [2.45, 2.75) is 30.1 Å². The lowest BCUT2D eigenvalue weighted by atomic mass is 9.92. The minimum absolute atomic E-state index is 0.204. The highest BCUT2D eigenvalue weighted by Gasteiger charge is 2.51. The topological polar surface area (TPSA) is 42.4 Å². The lowest BCUT2D eigenvalue weighted by Gasteiger charge is -2.47. The maximum atomic E-state index is 12.4. The Morgan fingerprint density at radius 1 is 1.24 bits per heavy atom. The zero-order valence-electron chi connectivity index (χ0n) is 14.1. The molecule has 1 spiro atoms. The second kappa shape index (κ2) is 7.08. The van der Waals surface area contributed by atoms with E-state index in [-0.39, 0.29) is 16.8 Å². The Kier molecular flexibility index (Phi) is 4.66. The molecule has 25 heavy (non-hydrogen) atoms. The zero-order valence-corrected chi connectivity index (χ0v) is 15.0. The number of nitrogens with zero attached hydrogens (tertiary/aromatic N) is 2. The lowest BCUT2D eigenvalue weighted by molar-refractivity contribution is -0.136. The van der Waals surface area contributed by atoms with Gasteiger partial charge in [-0.05, 0) is 24.1 Å². The van der Waals surface area contributed by atoms with Gasteiger partial charge in [0.25, 0.3) is 0 Å². The van der Waals surface area contributed by atoms with Gasteiger partial charge in [-0.25, -0.2) is 0 Å². The van der Waals surface area contributed by atoms with Gasteiger partial charge in [0, 0.05) is 37.9 Å². The SMILES string of the molecule is O=C(CCc1ccccc1)N1CC2(C[C@@H](Oc3cccnc3)CS2)C1. The van der Waals surface area contributed by atoms with E-state index in [4.69, 9.17) is 4.74 Å². The molecule has 0 aliphatic carbocycles. The van der Waals surface area contributed by atoms with Crippen molar-refractivity contribution in [2.24, 2.45) is 0 Å². The fourth-order valence-corrected chi connectivity index (χ4v) is 5.11. The Labute approximate surface area is 152 Å². The summed E-state index contributed by atoms with van der Waals surface area (Å²) in [5, 5.41) is 0. The van der Waals surface area contributed by atoms with Gasteiger partial charge in [-0.15, -0.1) is 11.8 Å². The third kappa shape index (κ3) is 3.82. The molecule has 5 heteroatoms. The number of ether oxygens (including phenoxy) is 1. The van der Waals surface area contributed by atoms with Gasteiger partial charge in [0.2, 0.25) is 5.91 Å². The summed E-state index contributed by atoms with van der Waals surface area (Å²) in [4.78, 5) is 18.5. The Morgan fingerprint density at radius 3 is 2.84 bits per heavy atom. The van der Waals surface area contributed by atoms with Crippen LogP contribution in [-0.4, -0.2) is 45.5 Å². The van der Waals surface area contributed by atoms with E-state index >= 15 is 0 Å². The highest BCUT2D eigenvalue weighted by atomic mass is 32.2. The van der Waals surface area contributed by atoms with Crippen LogP contribution in [0, 0.1) is 0 Å². The van der Waals surface area contributed by atoms with Crippen LogP contribution in [0.25, 0.3) is 0 Å². The predicted octanol–water partition coefficient (Wildman–Crippen LogP) is 3.18. The van der Waals surface area contributed by atoms with Crippen molar-refractivity contribution in [3.63, 3.8) is 0 Å². The van der Waals surface area contributed by atoms with Gasteiger partial charge in [-0.2, -0.15) is 0 Å². The van der Waals surface area contributed by atoms with Crippen LogP contribution in [0.2, 0.25) is 0 Å². The van der Waals surface area contributed by atoms with E-state index in [9.17, 15) is 4.79 Å². The Morgan fingerprint density at radius 2 is 2.08 bits per heavy atom. The first-order chi connectivity index (χ1) is 12.2. The summed E-state index contributed by atoms with van der Waals surface area (Å²) in [6.45, 7) is 1.72. The van der Waals surface area contributed by atoms with E-state index in [0.717, 1.165) is 37.4 Å². The molecule has 4 nitrogen and oxygen atoms in total. The van der Waals surface area contributed by atoms with Gasteiger partial charge in [0.05, 0.1) is 10.9 Å². The summed E-state index contributed by atoms with van der Waals surface area (Å²) in [5.74, 6) is 2.09. The molecule has 2 fully saturated rings. The first-order valence-corrected chi connectivity index (χ1v) is 9.73. The minimum Gasteiger partial charge on any atom is -0.488 e. The molecule has 0 radical (unpaired) electrons. The van der Waals surface area contributed by atoms with Crippen LogP contribution < -0.4 is 4.74 Å². The van der Waals surface area contributed by atoms with Crippen molar-refractivity contribution in [1.29, 1.82) is 0 Å². The van der Waals surface area contributed by atoms with E-state index in [1.165, 1.54) is 5.56 Å². The minimum atomic E-state index is 0.204. The van der Waals surface area contributed by atoms with Crippen LogP contribution in [0.1, 0.15) is 18.4 Å². The molecule has 2 aromatic rings. The largest absolute Gasteiger partial charge is 0.488 e. The molecule has 2 aliphatic heterocycles. The van der Waals surface area contributed by atoms with Crippen LogP contribution in [0.15, 0.2) is 54.9 Å². The number of rotatable bonds is 5. The fourth-order valence-electron chi connectivity index (χ4n) is 3.59. The van der Waals surface area contributed by atoms with Crippen LogP contribution in [0.4, 0.5) is 0 Å². The predicted molar refractivity (Wildman–Crippen MR) is 99.8 cm³/mol. The van der Waals surface area contributed by atoms with E-state index in [2.05, 4.69) is 17.1 Å². The smallest absolute Gasteiger partial charge is 0.222 e. The van der Waals surface area contributed by atoms with Crippen molar-refractivity contribution >= 4 is 17.7 Å². The number of carbonyl (C=O) groups excluding carboxylic acids is 1. The number of aromatic nitrogens is 1. The molecule has 2 aliphatic rings. The van der Waals surface area contributed by atoms with E-state index in [1.54, 1.807) is 12.4 Å². The highest BCUT2D eigenvalue weighted by molar-refractivity contribution is 8.01. The number of carbonyl (C=O) groups is 1. The molecule has 0 saturated carbocycles. The van der Waals surface area contributed by atoms with Crippen LogP contribution in [0.5, 0.6) is 5.75 Å². The normalized spacial score (nSPS) is 21.1. The summed E-state index contributed by atoms with van der Waals surface area (Å²) in [6.07, 6.45) is 6.16. The molecule has 1 amide bonds. The van der Waals surface area contributed by atoms with Gasteiger partial charge in [-0.1, -0.05) is 30.3 Å². The van der Waals surface area contributed by atoms with Crippen molar-refractivity contribution in [2.75, 3.05) is 18.8 Å². The quantitative estimate of drug-likeness (QED) is 0.827. The molecule has 3 heterocycles. The molecule has 1 aromatic carbocycles. The molecule has 130 valence electrons. The molecular weight excluding hydrogens is 332 g/mol. The Hall–Kier alpha value is -2.01. The van der Waals surface area contributed by atoms with E-state index in [1.807, 2.05) is 47.0 Å². The number of likely N-dealkylation sites (tertiary alicyclic amines) is 1. The average Bonchev–Trinajstić information content (AvgIpc) is 3.04. The van der Waals surface area contributed by atoms with Crippen molar-refractivity contribution in [1.82, 2.24) is 9.88 Å². The zero-order chi connectivity index (χ0) is 17.1. The van der Waals surface area contributed by atoms with Gasteiger partial charge >= 0.3 is 0 Å². The molecule has 0 bridgehead atoms. The summed E-state index contributed by atoms with van der Waals surface area (Å²) >= 11 is 1.96. The maximum absolute atomic E-state index is 12.4. The summed E-state index contributed by atoms with van der Waals surface area (Å²) in [6, 6.07) is 14.1. The van der Waals surface area contributed by atoms with Gasteiger partial charge in [0.15, 0.2) is 0 Å². The number of amides is 1. The average molecular weight is 354 g/mol. The van der Waals surface area contributed by atoms with Crippen molar-refractivity contribution in [3.05, 3.63) is 60.4 Å². The Balaban J connectivity index is 1.24. The van der Waals surface area contributed by atoms with Crippen molar-refractivity contribution in [3.8, 4) is 5.75 Å². The summed E-state index contributed by atoms with van der Waals surface area (Å²) in [5.41, 5.74) is 1.23. The van der Waals surface area contributed by atoms with Crippen LogP contribution >= 0.6 is 11.8 Å². The van der Waals surface area contributed by atoms with E-state index < -0.39 is 0 Å². The van der Waals surface area contributed by atoms with E-state index in [0.29, 0.717) is 6.42 Å². The molecule has 0 N–H and O–H groups in total. The van der Waals surface area contributed by atoms with Crippen molar-refractivity contribution < 1.29 is 9.53 Å². The maximum Gasteiger partial charge on any atom is 0.222 e. The van der Waals surface area contributed by atoms with Crippen LogP contribution in [-0.2, 0) is 11.2 Å². The second-order valence-electron chi connectivity index (χ2n) is 6.86. The first kappa shape index (κ1) is 16.5. The molecule has 4 rings (SSSR count). The Bertz CT molecular complexity index is 717. The summed E-state index contributed by atoms with van der Waals surface area (Å²) < 4.78 is 6.22. The number of hydrogen-bond donors (Lipinski definition) is 0. The first-order valence-electron chi connectivity index (χ1n) is 8.75. The number of aryl methyl sites for hydroxylation is 1. The molecule has 0 unspecified atom stereocenters. The molecule has 1 atom stereocenters. The monoisotopic (exact) mass is 354 g/mol. The second-order valence-corrected chi connectivity index (χ2v) is 8.35. The molecular formula is C20H22N2O2S. The summed E-state index contributed by atoms with van der Waals surface area (Å²) in [7, 11) is 0.